The molecule has 8 heteroatoms. The van der Waals surface area contributed by atoms with Gasteiger partial charge in [0.2, 0.25) is 0 Å². The van der Waals surface area contributed by atoms with E-state index in [-0.39, 0.29) is 5.91 Å². The van der Waals surface area contributed by atoms with Crippen LogP contribution in [-0.4, -0.2) is 50.4 Å². The van der Waals surface area contributed by atoms with Gasteiger partial charge >= 0.3 is 0 Å². The maximum Gasteiger partial charge on any atom is 0.263 e. The topological polar surface area (TPSA) is 75.9 Å². The number of rotatable bonds is 7. The normalized spacial score (nSPS) is 14.9. The Morgan fingerprint density at radius 1 is 1.23 bits per heavy atom. The van der Waals surface area contributed by atoms with Crippen molar-refractivity contribution in [2.45, 2.75) is 32.4 Å². The predicted molar refractivity (Wildman–Crippen MR) is 101 cm³/mol. The molecular formula is C18H22N6OS. The van der Waals surface area contributed by atoms with Crippen molar-refractivity contribution in [3.05, 3.63) is 40.3 Å². The first-order valence-electron chi connectivity index (χ1n) is 9.03. The minimum absolute atomic E-state index is 0.0429. The molecule has 7 nitrogen and oxygen atoms in total. The molecule has 136 valence electrons. The third kappa shape index (κ3) is 3.91. The van der Waals surface area contributed by atoms with E-state index < -0.39 is 0 Å². The summed E-state index contributed by atoms with van der Waals surface area (Å²) in [7, 11) is 0. The van der Waals surface area contributed by atoms with Gasteiger partial charge < -0.3 is 5.32 Å². The summed E-state index contributed by atoms with van der Waals surface area (Å²) >= 11 is 1.49. The van der Waals surface area contributed by atoms with E-state index in [1.165, 1.54) is 24.2 Å². The molecule has 1 aliphatic rings. The van der Waals surface area contributed by atoms with E-state index in [0.717, 1.165) is 48.6 Å². The van der Waals surface area contributed by atoms with Crippen LogP contribution in [0.25, 0.3) is 11.0 Å². The van der Waals surface area contributed by atoms with Crippen LogP contribution in [0, 0.1) is 0 Å². The fraction of sp³-hybridized carbons (Fsp3) is 0.444. The second kappa shape index (κ2) is 7.92. The van der Waals surface area contributed by atoms with Gasteiger partial charge in [0.05, 0.1) is 18.3 Å². The highest BCUT2D eigenvalue weighted by atomic mass is 32.1. The third-order valence-electron chi connectivity index (χ3n) is 4.59. The Bertz CT molecular complexity index is 883. The molecule has 1 aliphatic heterocycles. The standard InChI is InChI=1S/C18H22N6OS/c25-18(16-12-20-17(26-16)13-23-9-3-4-10-23)19-8-5-11-24-15-7-2-1-6-14(15)21-22-24/h1-2,6-7,12H,3-5,8-11,13H2,(H,19,25). The fourth-order valence-corrected chi connectivity index (χ4v) is 4.10. The zero-order valence-corrected chi connectivity index (χ0v) is 15.4. The quantitative estimate of drug-likeness (QED) is 0.646. The highest BCUT2D eigenvalue weighted by molar-refractivity contribution is 7.13. The molecule has 0 spiro atoms. The highest BCUT2D eigenvalue weighted by Crippen LogP contribution is 2.18. The van der Waals surface area contributed by atoms with Crippen LogP contribution >= 0.6 is 11.3 Å². The first kappa shape index (κ1) is 17.1. The average molecular weight is 370 g/mol. The summed E-state index contributed by atoms with van der Waals surface area (Å²) in [6, 6.07) is 7.89. The molecule has 0 saturated carbocycles. The molecule has 1 saturated heterocycles. The maximum atomic E-state index is 12.3. The molecule has 3 aromatic rings. The number of carbonyl (C=O) groups is 1. The number of amides is 1. The van der Waals surface area contributed by atoms with Crippen molar-refractivity contribution in [3.63, 3.8) is 0 Å². The lowest BCUT2D eigenvalue weighted by Crippen LogP contribution is -2.24. The lowest BCUT2D eigenvalue weighted by atomic mass is 10.3. The van der Waals surface area contributed by atoms with E-state index in [0.29, 0.717) is 11.4 Å². The van der Waals surface area contributed by atoms with Crippen LogP contribution in [0.4, 0.5) is 0 Å². The van der Waals surface area contributed by atoms with E-state index in [4.69, 9.17) is 0 Å². The Hall–Kier alpha value is -2.32. The number of thiazole rings is 1. The minimum Gasteiger partial charge on any atom is -0.351 e. The fourth-order valence-electron chi connectivity index (χ4n) is 3.22. The molecule has 1 amide bonds. The molecule has 0 radical (unpaired) electrons. The van der Waals surface area contributed by atoms with Gasteiger partial charge in [-0.25, -0.2) is 9.67 Å². The van der Waals surface area contributed by atoms with Gasteiger partial charge in [-0.05, 0) is 44.5 Å². The zero-order valence-electron chi connectivity index (χ0n) is 14.6. The Balaban J connectivity index is 1.24. The lowest BCUT2D eigenvalue weighted by Gasteiger charge is -2.11. The van der Waals surface area contributed by atoms with Crippen LogP contribution < -0.4 is 5.32 Å². The molecule has 0 bridgehead atoms. The van der Waals surface area contributed by atoms with Gasteiger partial charge in [-0.15, -0.1) is 16.4 Å². The lowest BCUT2D eigenvalue weighted by molar-refractivity contribution is 0.0956. The summed E-state index contributed by atoms with van der Waals surface area (Å²) in [6.07, 6.45) is 5.02. The molecule has 1 fully saturated rings. The third-order valence-corrected chi connectivity index (χ3v) is 5.57. The van der Waals surface area contributed by atoms with Gasteiger partial charge in [-0.2, -0.15) is 0 Å². The summed E-state index contributed by atoms with van der Waals surface area (Å²) in [6.45, 7) is 4.46. The van der Waals surface area contributed by atoms with Crippen molar-refractivity contribution in [2.75, 3.05) is 19.6 Å². The molecule has 3 heterocycles. The van der Waals surface area contributed by atoms with E-state index >= 15 is 0 Å². The Kier molecular flexibility index (Phi) is 5.21. The maximum absolute atomic E-state index is 12.3. The number of aryl methyl sites for hydroxylation is 1. The SMILES string of the molecule is O=C(NCCCn1nnc2ccccc21)c1cnc(CN2CCCC2)s1. The largest absolute Gasteiger partial charge is 0.351 e. The zero-order chi connectivity index (χ0) is 17.8. The average Bonchev–Trinajstić information content (AvgIpc) is 3.40. The molecule has 26 heavy (non-hydrogen) atoms. The first-order valence-corrected chi connectivity index (χ1v) is 9.85. The number of aromatic nitrogens is 4. The van der Waals surface area contributed by atoms with Crippen molar-refractivity contribution >= 4 is 28.3 Å². The molecule has 0 unspecified atom stereocenters. The predicted octanol–water partition coefficient (Wildman–Crippen LogP) is 2.30. The monoisotopic (exact) mass is 370 g/mol. The second-order valence-electron chi connectivity index (χ2n) is 6.51. The summed E-state index contributed by atoms with van der Waals surface area (Å²) in [5.74, 6) is -0.0429. The number of hydrogen-bond acceptors (Lipinski definition) is 6. The number of benzene rings is 1. The summed E-state index contributed by atoms with van der Waals surface area (Å²) in [5, 5.41) is 12.3. The van der Waals surface area contributed by atoms with Crippen LogP contribution in [-0.2, 0) is 13.1 Å². The van der Waals surface area contributed by atoms with Crippen LogP contribution in [0.2, 0.25) is 0 Å². The van der Waals surface area contributed by atoms with E-state index in [9.17, 15) is 4.79 Å². The van der Waals surface area contributed by atoms with Gasteiger partial charge in [0.25, 0.3) is 5.91 Å². The van der Waals surface area contributed by atoms with Crippen LogP contribution in [0.1, 0.15) is 33.9 Å². The molecular weight excluding hydrogens is 348 g/mol. The number of carbonyl (C=O) groups excluding carboxylic acids is 1. The van der Waals surface area contributed by atoms with Crippen LogP contribution in [0.3, 0.4) is 0 Å². The number of fused-ring (bicyclic) bond motifs is 1. The number of para-hydroxylation sites is 1. The van der Waals surface area contributed by atoms with Gasteiger partial charge in [-0.3, -0.25) is 9.69 Å². The van der Waals surface area contributed by atoms with Crippen LogP contribution in [0.5, 0.6) is 0 Å². The Morgan fingerprint density at radius 3 is 2.96 bits per heavy atom. The molecule has 0 atom stereocenters. The van der Waals surface area contributed by atoms with E-state index in [2.05, 4.69) is 25.5 Å². The van der Waals surface area contributed by atoms with Crippen molar-refractivity contribution < 1.29 is 4.79 Å². The van der Waals surface area contributed by atoms with Crippen molar-refractivity contribution in [2.24, 2.45) is 0 Å². The molecule has 0 aliphatic carbocycles. The Morgan fingerprint density at radius 2 is 2.08 bits per heavy atom. The first-order chi connectivity index (χ1) is 12.8. The molecule has 4 rings (SSSR count). The van der Waals surface area contributed by atoms with Gasteiger partial charge in [0.1, 0.15) is 15.4 Å². The summed E-state index contributed by atoms with van der Waals surface area (Å²) in [5.41, 5.74) is 1.92. The molecule has 1 N–H and O–H groups in total. The van der Waals surface area contributed by atoms with Crippen LogP contribution in [0.15, 0.2) is 30.5 Å². The van der Waals surface area contributed by atoms with E-state index in [1.807, 2.05) is 28.9 Å². The summed E-state index contributed by atoms with van der Waals surface area (Å²) < 4.78 is 1.88. The number of hydrogen-bond donors (Lipinski definition) is 1. The number of nitrogens with one attached hydrogen (secondary N) is 1. The number of nitrogens with zero attached hydrogens (tertiary/aromatic N) is 5. The highest BCUT2D eigenvalue weighted by Gasteiger charge is 2.15. The molecule has 1 aromatic carbocycles. The smallest absolute Gasteiger partial charge is 0.263 e. The number of likely N-dealkylation sites (tertiary alicyclic amines) is 1. The molecule has 2 aromatic heterocycles. The summed E-state index contributed by atoms with van der Waals surface area (Å²) in [4.78, 5) is 19.8. The Labute approximate surface area is 156 Å². The van der Waals surface area contributed by atoms with Gasteiger partial charge in [0, 0.05) is 13.1 Å². The van der Waals surface area contributed by atoms with Crippen molar-refractivity contribution in [1.29, 1.82) is 0 Å². The minimum atomic E-state index is -0.0429. The van der Waals surface area contributed by atoms with Crippen molar-refractivity contribution in [1.82, 2.24) is 30.2 Å². The van der Waals surface area contributed by atoms with Crippen molar-refractivity contribution in [3.8, 4) is 0 Å². The van der Waals surface area contributed by atoms with Gasteiger partial charge in [0.15, 0.2) is 0 Å². The van der Waals surface area contributed by atoms with Gasteiger partial charge in [-0.1, -0.05) is 17.3 Å². The second-order valence-corrected chi connectivity index (χ2v) is 7.63. The van der Waals surface area contributed by atoms with E-state index in [1.54, 1.807) is 6.20 Å².